The van der Waals surface area contributed by atoms with Crippen molar-refractivity contribution in [3.63, 3.8) is 0 Å². The van der Waals surface area contributed by atoms with Crippen LogP contribution in [0.15, 0.2) is 42.9 Å². The van der Waals surface area contributed by atoms with Gasteiger partial charge in [-0.1, -0.05) is 30.3 Å². The SMILES string of the molecule is NCCc1c[nH]c2c(OCc3ccccc3)ncnc12. The molecule has 0 saturated carbocycles. The summed E-state index contributed by atoms with van der Waals surface area (Å²) in [4.78, 5) is 11.7. The predicted octanol–water partition coefficient (Wildman–Crippen LogP) is 2.04. The van der Waals surface area contributed by atoms with Gasteiger partial charge < -0.3 is 15.5 Å². The van der Waals surface area contributed by atoms with Crippen LogP contribution in [0.5, 0.6) is 5.88 Å². The highest BCUT2D eigenvalue weighted by Crippen LogP contribution is 2.23. The zero-order valence-corrected chi connectivity index (χ0v) is 11.0. The summed E-state index contributed by atoms with van der Waals surface area (Å²) in [6.45, 7) is 1.08. The standard InChI is InChI=1S/C15H16N4O/c16-7-6-12-8-17-14-13(12)18-10-19-15(14)20-9-11-4-2-1-3-5-11/h1-5,8,10,17H,6-7,9,16H2. The number of fused-ring (bicyclic) bond motifs is 1. The average molecular weight is 268 g/mol. The maximum Gasteiger partial charge on any atom is 0.241 e. The predicted molar refractivity (Wildman–Crippen MR) is 77.4 cm³/mol. The van der Waals surface area contributed by atoms with E-state index in [1.165, 1.54) is 6.33 Å². The molecule has 0 aliphatic carbocycles. The van der Waals surface area contributed by atoms with Gasteiger partial charge in [0, 0.05) is 6.20 Å². The molecule has 5 nitrogen and oxygen atoms in total. The third-order valence-corrected chi connectivity index (χ3v) is 3.14. The third kappa shape index (κ3) is 2.48. The zero-order valence-electron chi connectivity index (χ0n) is 11.0. The number of nitrogens with one attached hydrogen (secondary N) is 1. The fraction of sp³-hybridized carbons (Fsp3) is 0.200. The van der Waals surface area contributed by atoms with E-state index in [1.807, 2.05) is 36.5 Å². The molecule has 0 atom stereocenters. The van der Waals surface area contributed by atoms with Crippen LogP contribution in [0.25, 0.3) is 11.0 Å². The number of H-pyrrole nitrogens is 1. The summed E-state index contributed by atoms with van der Waals surface area (Å²) in [6.07, 6.45) is 4.23. The Morgan fingerprint density at radius 1 is 1.15 bits per heavy atom. The molecule has 0 aliphatic rings. The lowest BCUT2D eigenvalue weighted by molar-refractivity contribution is 0.297. The van der Waals surface area contributed by atoms with Gasteiger partial charge >= 0.3 is 0 Å². The second-order valence-electron chi connectivity index (χ2n) is 4.53. The van der Waals surface area contributed by atoms with E-state index in [2.05, 4.69) is 15.0 Å². The number of rotatable bonds is 5. The van der Waals surface area contributed by atoms with E-state index in [9.17, 15) is 0 Å². The lowest BCUT2D eigenvalue weighted by Crippen LogP contribution is -2.02. The first kappa shape index (κ1) is 12.6. The van der Waals surface area contributed by atoms with Crippen molar-refractivity contribution in [2.75, 3.05) is 6.54 Å². The quantitative estimate of drug-likeness (QED) is 0.742. The molecule has 0 saturated heterocycles. The summed E-state index contributed by atoms with van der Waals surface area (Å²) in [5.41, 5.74) is 9.50. The summed E-state index contributed by atoms with van der Waals surface area (Å²) < 4.78 is 5.78. The van der Waals surface area contributed by atoms with Crippen LogP contribution in [0, 0.1) is 0 Å². The molecule has 0 amide bonds. The van der Waals surface area contributed by atoms with Gasteiger partial charge in [-0.2, -0.15) is 4.98 Å². The summed E-state index contributed by atoms with van der Waals surface area (Å²) in [7, 11) is 0. The Bertz CT molecular complexity index is 693. The average Bonchev–Trinajstić information content (AvgIpc) is 2.91. The van der Waals surface area contributed by atoms with Crippen molar-refractivity contribution >= 4 is 11.0 Å². The summed E-state index contributed by atoms with van der Waals surface area (Å²) in [5, 5.41) is 0. The van der Waals surface area contributed by atoms with Gasteiger partial charge in [-0.15, -0.1) is 0 Å². The van der Waals surface area contributed by atoms with Gasteiger partial charge in [0.2, 0.25) is 5.88 Å². The van der Waals surface area contributed by atoms with Crippen molar-refractivity contribution in [3.8, 4) is 5.88 Å². The molecule has 3 rings (SSSR count). The number of hydrogen-bond donors (Lipinski definition) is 2. The van der Waals surface area contributed by atoms with Crippen molar-refractivity contribution in [3.05, 3.63) is 54.0 Å². The van der Waals surface area contributed by atoms with Crippen molar-refractivity contribution < 1.29 is 4.74 Å². The largest absolute Gasteiger partial charge is 0.471 e. The van der Waals surface area contributed by atoms with E-state index in [-0.39, 0.29) is 0 Å². The molecule has 0 radical (unpaired) electrons. The van der Waals surface area contributed by atoms with E-state index >= 15 is 0 Å². The molecule has 0 spiro atoms. The lowest BCUT2D eigenvalue weighted by atomic mass is 10.2. The Morgan fingerprint density at radius 3 is 2.80 bits per heavy atom. The molecule has 0 bridgehead atoms. The van der Waals surface area contributed by atoms with Crippen molar-refractivity contribution in [1.29, 1.82) is 0 Å². The van der Waals surface area contributed by atoms with Crippen LogP contribution in [0.3, 0.4) is 0 Å². The first-order valence-corrected chi connectivity index (χ1v) is 6.56. The molecular weight excluding hydrogens is 252 g/mol. The highest BCUT2D eigenvalue weighted by molar-refractivity contribution is 5.82. The number of aromatic nitrogens is 3. The molecule has 2 aromatic heterocycles. The van der Waals surface area contributed by atoms with E-state index in [0.29, 0.717) is 19.0 Å². The van der Waals surface area contributed by atoms with E-state index in [4.69, 9.17) is 10.5 Å². The number of nitrogens with two attached hydrogens (primary N) is 1. The number of benzene rings is 1. The monoisotopic (exact) mass is 268 g/mol. The van der Waals surface area contributed by atoms with Crippen LogP contribution in [-0.2, 0) is 13.0 Å². The van der Waals surface area contributed by atoms with Crippen LogP contribution >= 0.6 is 0 Å². The Balaban J connectivity index is 1.85. The summed E-state index contributed by atoms with van der Waals surface area (Å²) >= 11 is 0. The second kappa shape index (κ2) is 5.71. The van der Waals surface area contributed by atoms with Gasteiger partial charge in [0.1, 0.15) is 18.5 Å². The molecule has 3 N–H and O–H groups in total. The molecule has 5 heteroatoms. The molecule has 20 heavy (non-hydrogen) atoms. The Labute approximate surface area is 116 Å². The van der Waals surface area contributed by atoms with E-state index in [1.54, 1.807) is 0 Å². The Kier molecular flexibility index (Phi) is 3.60. The third-order valence-electron chi connectivity index (χ3n) is 3.14. The lowest BCUT2D eigenvalue weighted by Gasteiger charge is -2.06. The second-order valence-corrected chi connectivity index (χ2v) is 4.53. The van der Waals surface area contributed by atoms with Crippen LogP contribution in [0.2, 0.25) is 0 Å². The molecule has 102 valence electrons. The fourth-order valence-corrected chi connectivity index (χ4v) is 2.15. The first-order valence-electron chi connectivity index (χ1n) is 6.56. The maximum atomic E-state index is 5.78. The molecule has 0 aliphatic heterocycles. The number of aromatic amines is 1. The number of ether oxygens (including phenoxy) is 1. The molecule has 1 aromatic carbocycles. The van der Waals surface area contributed by atoms with Crippen molar-refractivity contribution in [2.45, 2.75) is 13.0 Å². The molecule has 0 unspecified atom stereocenters. The van der Waals surface area contributed by atoms with Crippen LogP contribution < -0.4 is 10.5 Å². The van der Waals surface area contributed by atoms with Crippen molar-refractivity contribution in [2.24, 2.45) is 5.73 Å². The highest BCUT2D eigenvalue weighted by Gasteiger charge is 2.10. The summed E-state index contributed by atoms with van der Waals surface area (Å²) in [5.74, 6) is 0.571. The number of hydrogen-bond acceptors (Lipinski definition) is 4. The summed E-state index contributed by atoms with van der Waals surface area (Å²) in [6, 6.07) is 10.0. The fourth-order valence-electron chi connectivity index (χ4n) is 2.15. The van der Waals surface area contributed by atoms with Gasteiger partial charge in [-0.05, 0) is 24.1 Å². The van der Waals surface area contributed by atoms with Gasteiger partial charge in [0.05, 0.1) is 5.52 Å². The minimum absolute atomic E-state index is 0.484. The van der Waals surface area contributed by atoms with E-state index in [0.717, 1.165) is 28.6 Å². The molecule has 0 fully saturated rings. The van der Waals surface area contributed by atoms with Crippen LogP contribution in [0.4, 0.5) is 0 Å². The minimum atomic E-state index is 0.484. The zero-order chi connectivity index (χ0) is 13.8. The van der Waals surface area contributed by atoms with Crippen LogP contribution in [-0.4, -0.2) is 21.5 Å². The molecule has 2 heterocycles. The van der Waals surface area contributed by atoms with Crippen LogP contribution in [0.1, 0.15) is 11.1 Å². The first-order chi connectivity index (χ1) is 9.88. The Hall–Kier alpha value is -2.40. The normalized spacial score (nSPS) is 10.8. The van der Waals surface area contributed by atoms with Gasteiger partial charge in [-0.25, -0.2) is 4.98 Å². The van der Waals surface area contributed by atoms with Gasteiger partial charge in [0.15, 0.2) is 0 Å². The highest BCUT2D eigenvalue weighted by atomic mass is 16.5. The number of nitrogens with zero attached hydrogens (tertiary/aromatic N) is 2. The molecular formula is C15H16N4O. The topological polar surface area (TPSA) is 76.8 Å². The van der Waals surface area contributed by atoms with E-state index < -0.39 is 0 Å². The maximum absolute atomic E-state index is 5.78. The smallest absolute Gasteiger partial charge is 0.241 e. The van der Waals surface area contributed by atoms with Crippen molar-refractivity contribution in [1.82, 2.24) is 15.0 Å². The minimum Gasteiger partial charge on any atom is -0.471 e. The molecule has 3 aromatic rings. The Morgan fingerprint density at radius 2 is 2.00 bits per heavy atom. The van der Waals surface area contributed by atoms with Gasteiger partial charge in [-0.3, -0.25) is 0 Å². The van der Waals surface area contributed by atoms with Gasteiger partial charge in [0.25, 0.3) is 0 Å².